The van der Waals surface area contributed by atoms with Gasteiger partial charge < -0.3 is 21.5 Å². The number of nitrogens with one attached hydrogen (secondary N) is 2. The minimum atomic E-state index is -0.664. The molecule has 2 aromatic heterocycles. The number of nitriles is 2. The monoisotopic (exact) mass is 398 g/mol. The summed E-state index contributed by atoms with van der Waals surface area (Å²) in [5, 5.41) is 23.7. The molecule has 1 aliphatic rings. The molecule has 1 unspecified atom stereocenters. The molecule has 0 amide bonds. The van der Waals surface area contributed by atoms with Crippen molar-refractivity contribution in [2.45, 2.75) is 6.04 Å². The van der Waals surface area contributed by atoms with Crippen molar-refractivity contribution in [2.75, 3.05) is 16.8 Å². The molecule has 0 aliphatic carbocycles. The Balaban J connectivity index is 1.81. The Labute approximate surface area is 170 Å². The van der Waals surface area contributed by atoms with Crippen LogP contribution >= 0.6 is 0 Å². The molecule has 0 saturated heterocycles. The van der Waals surface area contributed by atoms with Gasteiger partial charge in [0, 0.05) is 18.0 Å². The van der Waals surface area contributed by atoms with E-state index in [9.17, 15) is 5.26 Å². The van der Waals surface area contributed by atoms with Gasteiger partial charge in [0.15, 0.2) is 6.19 Å². The predicted molar refractivity (Wildman–Crippen MR) is 108 cm³/mol. The number of nitrogens with two attached hydrogens (primary N) is 2. The van der Waals surface area contributed by atoms with Crippen LogP contribution < -0.4 is 26.8 Å². The van der Waals surface area contributed by atoms with E-state index in [0.717, 1.165) is 0 Å². The number of hydrogen-bond acceptors (Lipinski definition) is 11. The molecule has 1 atom stereocenters. The van der Waals surface area contributed by atoms with Crippen LogP contribution in [0, 0.1) is 22.8 Å². The van der Waals surface area contributed by atoms with Crippen LogP contribution in [0.25, 0.3) is 0 Å². The van der Waals surface area contributed by atoms with Crippen LogP contribution in [0.5, 0.6) is 11.6 Å². The lowest BCUT2D eigenvalue weighted by molar-refractivity contribution is 0.459. The summed E-state index contributed by atoms with van der Waals surface area (Å²) in [5.41, 5.74) is 13.5. The molecule has 1 aliphatic heterocycles. The lowest BCUT2D eigenvalue weighted by Gasteiger charge is -2.26. The molecular formula is C19H14N10O. The highest BCUT2D eigenvalue weighted by molar-refractivity contribution is 5.98. The van der Waals surface area contributed by atoms with Crippen molar-refractivity contribution in [1.82, 2.24) is 20.3 Å². The van der Waals surface area contributed by atoms with Gasteiger partial charge in [-0.05, 0) is 17.7 Å². The number of rotatable bonds is 3. The topological polar surface area (TPSA) is 184 Å². The number of nitrogens with zero attached hydrogens (tertiary/aromatic N) is 6. The molecule has 3 aromatic rings. The lowest BCUT2D eigenvalue weighted by Crippen LogP contribution is -2.32. The van der Waals surface area contributed by atoms with Crippen molar-refractivity contribution in [1.29, 1.82) is 10.5 Å². The smallest absolute Gasteiger partial charge is 0.237 e. The summed E-state index contributed by atoms with van der Waals surface area (Å²) >= 11 is 0. The molecule has 30 heavy (non-hydrogen) atoms. The van der Waals surface area contributed by atoms with Gasteiger partial charge in [-0.2, -0.15) is 10.5 Å². The van der Waals surface area contributed by atoms with E-state index < -0.39 is 6.04 Å². The highest BCUT2D eigenvalue weighted by atomic mass is 16.5. The minimum Gasteiger partial charge on any atom is -0.437 e. The predicted octanol–water partition coefficient (Wildman–Crippen LogP) is 1.64. The minimum absolute atomic E-state index is 0.0158. The Hall–Kier alpha value is -4.90. The molecule has 0 radical (unpaired) electrons. The summed E-state index contributed by atoms with van der Waals surface area (Å²) in [6.45, 7) is 0. The number of fused-ring (bicyclic) bond motifs is 1. The molecule has 0 saturated carbocycles. The molecule has 11 heteroatoms. The third kappa shape index (κ3) is 3.34. The second-order valence-corrected chi connectivity index (χ2v) is 6.12. The summed E-state index contributed by atoms with van der Waals surface area (Å²) in [6, 6.07) is 8.41. The average Bonchev–Trinajstić information content (AvgIpc) is 2.74. The van der Waals surface area contributed by atoms with Gasteiger partial charge in [0.25, 0.3) is 0 Å². The van der Waals surface area contributed by atoms with E-state index in [1.807, 2.05) is 18.3 Å². The summed E-state index contributed by atoms with van der Waals surface area (Å²) in [6.07, 6.45) is 6.36. The van der Waals surface area contributed by atoms with Crippen LogP contribution in [0.15, 0.2) is 47.8 Å². The second kappa shape index (κ2) is 7.61. The fraction of sp³-hybridized carbons (Fsp3) is 0.0526. The number of nitrogen functional groups attached to an aromatic ring is 2. The Bertz CT molecular complexity index is 1230. The zero-order valence-electron chi connectivity index (χ0n) is 15.4. The third-order valence-electron chi connectivity index (χ3n) is 4.29. The number of anilines is 3. The lowest BCUT2D eigenvalue weighted by atomic mass is 9.95. The van der Waals surface area contributed by atoms with E-state index in [-0.39, 0.29) is 23.0 Å². The average molecular weight is 398 g/mol. The first-order valence-electron chi connectivity index (χ1n) is 8.63. The molecule has 0 bridgehead atoms. The van der Waals surface area contributed by atoms with Gasteiger partial charge in [-0.15, -0.1) is 0 Å². The number of benzene rings is 1. The first-order chi connectivity index (χ1) is 14.6. The standard InChI is InChI=1S/C19H14N10O/c20-7-12-15(22)14-16(27-19(26-9-21)29-18(14)28-17(12)23)10-2-1-3-11(6-10)30-13-8-24-4-5-25-13/h1-6,8,16H,(H6,22,23,26,27,28,29). The number of aromatic nitrogens is 3. The van der Waals surface area contributed by atoms with Crippen molar-refractivity contribution in [3.05, 3.63) is 59.5 Å². The van der Waals surface area contributed by atoms with E-state index in [1.54, 1.807) is 24.4 Å². The van der Waals surface area contributed by atoms with Gasteiger partial charge in [0.1, 0.15) is 35.1 Å². The highest BCUT2D eigenvalue weighted by Gasteiger charge is 2.29. The van der Waals surface area contributed by atoms with Gasteiger partial charge in [-0.3, -0.25) is 10.3 Å². The van der Waals surface area contributed by atoms with Gasteiger partial charge in [0.05, 0.1) is 11.9 Å². The molecule has 4 rings (SSSR count). The van der Waals surface area contributed by atoms with Crippen LogP contribution in [-0.2, 0) is 0 Å². The maximum absolute atomic E-state index is 9.41. The molecule has 0 fully saturated rings. The van der Waals surface area contributed by atoms with E-state index in [4.69, 9.17) is 21.5 Å². The molecular weight excluding hydrogens is 384 g/mol. The Morgan fingerprint density at radius 2 is 2.07 bits per heavy atom. The van der Waals surface area contributed by atoms with Crippen LogP contribution in [0.4, 0.5) is 17.3 Å². The molecule has 3 heterocycles. The van der Waals surface area contributed by atoms with Gasteiger partial charge in [-0.1, -0.05) is 12.1 Å². The first kappa shape index (κ1) is 18.5. The van der Waals surface area contributed by atoms with Crippen LogP contribution in [0.1, 0.15) is 22.7 Å². The largest absolute Gasteiger partial charge is 0.437 e. The second-order valence-electron chi connectivity index (χ2n) is 6.12. The summed E-state index contributed by atoms with van der Waals surface area (Å²) in [5.74, 6) is 1.29. The summed E-state index contributed by atoms with van der Waals surface area (Å²) in [7, 11) is 0. The normalized spacial score (nSPS) is 14.3. The summed E-state index contributed by atoms with van der Waals surface area (Å²) in [4.78, 5) is 16.8. The fourth-order valence-corrected chi connectivity index (χ4v) is 3.03. The van der Waals surface area contributed by atoms with Crippen molar-refractivity contribution >= 4 is 23.3 Å². The quantitative estimate of drug-likeness (QED) is 0.373. The van der Waals surface area contributed by atoms with E-state index >= 15 is 0 Å². The van der Waals surface area contributed by atoms with E-state index in [0.29, 0.717) is 28.6 Å². The Morgan fingerprint density at radius 1 is 1.20 bits per heavy atom. The zero-order chi connectivity index (χ0) is 21.1. The number of hydrogen-bond donors (Lipinski definition) is 4. The fourth-order valence-electron chi connectivity index (χ4n) is 3.03. The first-order valence-corrected chi connectivity index (χ1v) is 8.63. The maximum Gasteiger partial charge on any atom is 0.237 e. The number of pyridine rings is 1. The van der Waals surface area contributed by atoms with Crippen molar-refractivity contribution < 1.29 is 4.74 Å². The van der Waals surface area contributed by atoms with Gasteiger partial charge in [0.2, 0.25) is 11.8 Å². The summed E-state index contributed by atoms with van der Waals surface area (Å²) < 4.78 is 5.74. The number of ether oxygens (including phenoxy) is 1. The van der Waals surface area contributed by atoms with Crippen LogP contribution in [0.2, 0.25) is 0 Å². The van der Waals surface area contributed by atoms with Crippen molar-refractivity contribution in [2.24, 2.45) is 4.99 Å². The van der Waals surface area contributed by atoms with E-state index in [2.05, 4.69) is 30.6 Å². The van der Waals surface area contributed by atoms with Gasteiger partial charge in [-0.25, -0.2) is 15.0 Å². The molecule has 0 spiro atoms. The number of guanidine groups is 1. The van der Waals surface area contributed by atoms with Crippen molar-refractivity contribution in [3.8, 4) is 23.9 Å². The maximum atomic E-state index is 9.41. The SMILES string of the molecule is N#CNC1=NC(c2cccc(Oc3cnccn3)c2)c2c(nc(N)c(C#N)c2N)N1. The zero-order valence-corrected chi connectivity index (χ0v) is 15.4. The Kier molecular flexibility index (Phi) is 4.69. The molecule has 146 valence electrons. The molecule has 1 aromatic carbocycles. The Morgan fingerprint density at radius 3 is 2.80 bits per heavy atom. The van der Waals surface area contributed by atoms with Crippen LogP contribution in [-0.4, -0.2) is 20.9 Å². The molecule has 6 N–H and O–H groups in total. The number of aliphatic imine (C=N–C) groups is 1. The highest BCUT2D eigenvalue weighted by Crippen LogP contribution is 2.41. The van der Waals surface area contributed by atoms with E-state index in [1.165, 1.54) is 12.4 Å². The molecule has 11 nitrogen and oxygen atoms in total. The third-order valence-corrected chi connectivity index (χ3v) is 4.29. The van der Waals surface area contributed by atoms with Gasteiger partial charge >= 0.3 is 0 Å². The van der Waals surface area contributed by atoms with Crippen molar-refractivity contribution in [3.63, 3.8) is 0 Å². The van der Waals surface area contributed by atoms with Crippen LogP contribution in [0.3, 0.4) is 0 Å².